The average Bonchev–Trinajstić information content (AvgIpc) is 1.57. The number of aromatic nitrogens is 4. The second kappa shape index (κ2) is 32.8. The standard InChI is InChI=1S/C36H35N.C35H33N.C33H26N2.C33H29NO/c1-20(2)22-8-10-24-16-33-29(14-26(24)12-22)31-18-28(36(5,6)7)19-32-30-15-27-13-23(21(3)4)9-11-25(27)17-34(30)37(33)35(31)32;1-19(2)22-7-9-24-17-33-29(15-27(24)11-22)31-13-26(21(5)6)14-32-30-16-28-12-23(20(3)4)8-10-25(28)18-34(30)36(33)35(31)32;1-18(2)21-5-7-23-15-31-27(13-25(23)11-21)29-9-20(17-34)10-30-28-14-26-12-22(19(3)4)6-8-24(26)16-32(28)35(31)33(29)30;1-18(2)20-6-8-22-14-31-27(12-24(22)10-20)29-16-26(35-5)17-30-28-13-25-11-21(19(3)4)7-9-23(25)15-32(28)34(31)33(29)30/h8-21H,1-7H3;7-21H,1-6H3;5-16,18-19H,1-4H3;6-19H,1-5H3. The molecule has 0 saturated heterocycles. The van der Waals surface area contributed by atoms with Crippen LogP contribution < -0.4 is 4.74 Å². The van der Waals surface area contributed by atoms with E-state index in [4.69, 9.17) is 4.74 Å². The molecule has 8 heterocycles. The Morgan fingerprint density at radius 1 is 0.196 bits per heavy atom. The molecule has 0 radical (unpaired) electrons. The summed E-state index contributed by atoms with van der Waals surface area (Å²) >= 11 is 0. The van der Waals surface area contributed by atoms with Gasteiger partial charge in [-0.15, -0.1) is 0 Å². The van der Waals surface area contributed by atoms with Crippen molar-refractivity contribution >= 4 is 239 Å². The molecule has 0 N–H and O–H groups in total. The molecule has 0 aliphatic carbocycles. The number of rotatable bonds is 10. The molecule has 8 aromatic heterocycles. The van der Waals surface area contributed by atoms with Crippen molar-refractivity contribution < 1.29 is 4.74 Å². The Kier molecular flexibility index (Phi) is 20.5. The second-order valence-electron chi connectivity index (χ2n) is 45.8. The molecule has 0 unspecified atom stereocenters. The molecule has 28 rings (SSSR count). The molecule has 0 atom stereocenters. The van der Waals surface area contributed by atoms with Crippen LogP contribution in [-0.4, -0.2) is 24.7 Å². The molecule has 0 saturated carbocycles. The van der Waals surface area contributed by atoms with Gasteiger partial charge >= 0.3 is 0 Å². The number of ether oxygens (including phenoxy) is 1. The highest BCUT2D eigenvalue weighted by molar-refractivity contribution is 6.31. The molecule has 0 aliphatic heterocycles. The molecule has 6 heteroatoms. The number of hydrogen-bond donors (Lipinski definition) is 0. The lowest BCUT2D eigenvalue weighted by atomic mass is 9.85. The van der Waals surface area contributed by atoms with Gasteiger partial charge in [0.2, 0.25) is 0 Å². The van der Waals surface area contributed by atoms with Crippen LogP contribution in [0.1, 0.15) is 260 Å². The second-order valence-corrected chi connectivity index (χ2v) is 45.8. The number of nitriles is 1. The van der Waals surface area contributed by atoms with E-state index in [1.165, 1.54) is 283 Å². The molecule has 702 valence electrons. The van der Waals surface area contributed by atoms with Crippen molar-refractivity contribution in [1.82, 2.24) is 17.6 Å². The summed E-state index contributed by atoms with van der Waals surface area (Å²) in [4.78, 5) is 0. The Bertz CT molecular complexity index is 9720. The number of fused-ring (bicyclic) bond motifs is 32. The maximum Gasteiger partial charge on any atom is 0.120 e. The molecular weight excluding hydrogens is 1730 g/mol. The Morgan fingerprint density at radius 2 is 0.371 bits per heavy atom. The van der Waals surface area contributed by atoms with Gasteiger partial charge in [-0.25, -0.2) is 0 Å². The highest BCUT2D eigenvalue weighted by atomic mass is 16.5. The molecule has 28 aromatic rings. The predicted molar refractivity (Wildman–Crippen MR) is 621 cm³/mol. The number of hydrogen-bond acceptors (Lipinski definition) is 2. The van der Waals surface area contributed by atoms with E-state index in [1.54, 1.807) is 7.11 Å². The van der Waals surface area contributed by atoms with Crippen LogP contribution in [0, 0.1) is 11.3 Å². The molecule has 0 aliphatic rings. The van der Waals surface area contributed by atoms with E-state index in [2.05, 4.69) is 460 Å². The first-order chi connectivity index (χ1) is 68.7. The minimum absolute atomic E-state index is 0.0746. The molecule has 6 nitrogen and oxygen atoms in total. The zero-order valence-electron chi connectivity index (χ0n) is 86.6. The molecule has 143 heavy (non-hydrogen) atoms. The number of nitrogens with zero attached hydrogens (tertiary/aromatic N) is 5. The van der Waals surface area contributed by atoms with Crippen molar-refractivity contribution in [3.63, 3.8) is 0 Å². The average molecular weight is 1860 g/mol. The topological polar surface area (TPSA) is 50.7 Å². The van der Waals surface area contributed by atoms with Gasteiger partial charge in [0.1, 0.15) is 5.75 Å². The van der Waals surface area contributed by atoms with Gasteiger partial charge in [0.15, 0.2) is 0 Å². The van der Waals surface area contributed by atoms with Crippen LogP contribution in [0.5, 0.6) is 5.75 Å². The quantitative estimate of drug-likeness (QED) is 0.137. The van der Waals surface area contributed by atoms with Crippen molar-refractivity contribution in [3.8, 4) is 11.8 Å². The largest absolute Gasteiger partial charge is 0.497 e. The van der Waals surface area contributed by atoms with E-state index in [0.717, 1.165) is 16.5 Å². The summed E-state index contributed by atoms with van der Waals surface area (Å²) in [5.41, 5.74) is 30.1. The summed E-state index contributed by atoms with van der Waals surface area (Å²) in [6.45, 7) is 47.8. The molecule has 0 bridgehead atoms. The van der Waals surface area contributed by atoms with E-state index in [0.29, 0.717) is 58.8 Å². The van der Waals surface area contributed by atoms with Crippen molar-refractivity contribution in [1.29, 1.82) is 5.26 Å². The summed E-state index contributed by atoms with van der Waals surface area (Å²) in [5, 5.41) is 51.4. The van der Waals surface area contributed by atoms with Crippen LogP contribution in [0.4, 0.5) is 0 Å². The van der Waals surface area contributed by atoms with Crippen LogP contribution in [-0.2, 0) is 5.41 Å². The minimum atomic E-state index is 0.0746. The Labute approximate surface area is 835 Å². The smallest absolute Gasteiger partial charge is 0.120 e. The highest BCUT2D eigenvalue weighted by Gasteiger charge is 2.29. The van der Waals surface area contributed by atoms with Crippen LogP contribution in [0.25, 0.3) is 239 Å². The fourth-order valence-corrected chi connectivity index (χ4v) is 24.1. The minimum Gasteiger partial charge on any atom is -0.497 e. The van der Waals surface area contributed by atoms with Crippen LogP contribution >= 0.6 is 0 Å². The van der Waals surface area contributed by atoms with Crippen LogP contribution in [0.3, 0.4) is 0 Å². The fourth-order valence-electron chi connectivity index (χ4n) is 24.1. The van der Waals surface area contributed by atoms with Gasteiger partial charge in [-0.1, -0.05) is 291 Å². The molecule has 0 spiro atoms. The summed E-state index contributed by atoms with van der Waals surface area (Å²) in [5.74, 6) is 5.50. The zero-order chi connectivity index (χ0) is 98.7. The lowest BCUT2D eigenvalue weighted by Crippen LogP contribution is -2.10. The lowest BCUT2D eigenvalue weighted by molar-refractivity contribution is 0.416. The number of methoxy groups -OCH3 is 1. The van der Waals surface area contributed by atoms with Gasteiger partial charge in [0.25, 0.3) is 0 Å². The van der Waals surface area contributed by atoms with Crippen molar-refractivity contribution in [2.75, 3.05) is 7.11 Å². The van der Waals surface area contributed by atoms with Gasteiger partial charge < -0.3 is 22.3 Å². The third-order valence-corrected chi connectivity index (χ3v) is 32.6. The summed E-state index contributed by atoms with van der Waals surface area (Å²) in [7, 11) is 1.77. The van der Waals surface area contributed by atoms with Crippen molar-refractivity contribution in [2.45, 2.75) is 204 Å². The SMILES string of the molecule is CC(C)c1ccc2cc3c(cc2c1)c1cc(C#N)cc2c4cc5cc(C(C)C)ccc5cc4n3c12.CC(C)c1ccc2cc3c(cc2c1)c1cc(C(C)(C)C)cc2c4cc5cc(C(C)C)ccc5cc4n3c12.CC(C)c1ccc2cc3c(cc2c1)c1cc(C(C)C)cc2c4cc5cc(C(C)C)ccc5cc4n3c12.COc1cc2c3cc4cc(C(C)C)ccc4cc3n3c4cc5ccc(C(C)C)cc5cc4c(c1)c23. The highest BCUT2D eigenvalue weighted by Crippen LogP contribution is 2.51. The number of benzene rings is 20. The normalized spacial score (nSPS) is 12.8. The van der Waals surface area contributed by atoms with Crippen molar-refractivity contribution in [3.05, 3.63) is 352 Å². The van der Waals surface area contributed by atoms with Crippen molar-refractivity contribution in [2.24, 2.45) is 0 Å². The fraction of sp³-hybridized carbons (Fsp3) is 0.234. The van der Waals surface area contributed by atoms with E-state index >= 15 is 0 Å². The van der Waals surface area contributed by atoms with E-state index in [9.17, 15) is 5.26 Å². The van der Waals surface area contributed by atoms with Crippen LogP contribution in [0.15, 0.2) is 291 Å². The zero-order valence-corrected chi connectivity index (χ0v) is 86.6. The van der Waals surface area contributed by atoms with Gasteiger partial charge in [-0.3, -0.25) is 0 Å². The van der Waals surface area contributed by atoms with E-state index < -0.39 is 0 Å². The Balaban J connectivity index is 0.000000100. The summed E-state index contributed by atoms with van der Waals surface area (Å²) in [6.07, 6.45) is 0. The molecule has 0 amide bonds. The van der Waals surface area contributed by atoms with E-state index in [-0.39, 0.29) is 5.41 Å². The molecule has 20 aromatic carbocycles. The monoisotopic (exact) mass is 1850 g/mol. The predicted octanol–water partition coefficient (Wildman–Crippen LogP) is 39.9. The van der Waals surface area contributed by atoms with E-state index in [1.807, 2.05) is 0 Å². The molecular formula is C137H123N5O. The Morgan fingerprint density at radius 3 is 0.538 bits per heavy atom. The third kappa shape index (κ3) is 14.1. The maximum atomic E-state index is 9.87. The summed E-state index contributed by atoms with van der Waals surface area (Å²) in [6, 6.07) is 114. The summed E-state index contributed by atoms with van der Waals surface area (Å²) < 4.78 is 15.7. The van der Waals surface area contributed by atoms with Crippen LogP contribution in [0.2, 0.25) is 0 Å². The Hall–Kier alpha value is -15.0. The van der Waals surface area contributed by atoms with Gasteiger partial charge in [0, 0.05) is 86.2 Å². The van der Waals surface area contributed by atoms with Gasteiger partial charge in [-0.05, 0) is 346 Å². The first-order valence-electron chi connectivity index (χ1n) is 52.3. The third-order valence-electron chi connectivity index (χ3n) is 32.6. The van der Waals surface area contributed by atoms with Gasteiger partial charge in [-0.2, -0.15) is 5.26 Å². The first kappa shape index (κ1) is 89.3. The first-order valence-corrected chi connectivity index (χ1v) is 52.3. The molecule has 0 fully saturated rings. The maximum absolute atomic E-state index is 9.87. The lowest BCUT2D eigenvalue weighted by Gasteiger charge is -2.19. The van der Waals surface area contributed by atoms with Gasteiger partial charge in [0.05, 0.1) is 84.9 Å².